The van der Waals surface area contributed by atoms with Crippen LogP contribution >= 0.6 is 0 Å². The Hall–Kier alpha value is -3.03. The molecule has 2 amide bonds. The maximum absolute atomic E-state index is 12.6. The number of para-hydroxylation sites is 2. The topological polar surface area (TPSA) is 73.8 Å². The van der Waals surface area contributed by atoms with Gasteiger partial charge in [-0.3, -0.25) is 0 Å². The second-order valence-corrected chi connectivity index (χ2v) is 7.40. The molecule has 2 aliphatic rings. The van der Waals surface area contributed by atoms with E-state index in [0.29, 0.717) is 24.5 Å². The van der Waals surface area contributed by atoms with Gasteiger partial charge in [0.05, 0.1) is 12.8 Å². The highest BCUT2D eigenvalue weighted by atomic mass is 16.5. The van der Waals surface area contributed by atoms with Crippen molar-refractivity contribution in [2.24, 2.45) is 0 Å². The first-order chi connectivity index (χ1) is 14.2. The molecule has 154 valence electrons. The van der Waals surface area contributed by atoms with Crippen LogP contribution in [0.5, 0.6) is 5.75 Å². The molecule has 1 aromatic carbocycles. The summed E-state index contributed by atoms with van der Waals surface area (Å²) in [6, 6.07) is 11.4. The lowest BCUT2D eigenvalue weighted by Gasteiger charge is -2.35. The summed E-state index contributed by atoms with van der Waals surface area (Å²) in [6.45, 7) is 4.86. The van der Waals surface area contributed by atoms with E-state index in [1.807, 2.05) is 35.2 Å². The fraction of sp³-hybridized carbons (Fsp3) is 0.476. The minimum atomic E-state index is -0.110. The number of piperidine rings is 1. The molecule has 1 aromatic heterocycles. The third-order valence-corrected chi connectivity index (χ3v) is 5.56. The molecule has 2 aromatic rings. The Morgan fingerprint density at radius 3 is 2.10 bits per heavy atom. The normalized spacial score (nSPS) is 17.2. The highest BCUT2D eigenvalue weighted by Crippen LogP contribution is 2.24. The molecular weight excluding hydrogens is 368 g/mol. The fourth-order valence-corrected chi connectivity index (χ4v) is 3.86. The standard InChI is InChI=1S/C21H28N6O2/c1-29-18-8-4-3-7-17(18)22-21(28)27-15-13-26(14-16-27)20-10-9-19(23-24-20)25-11-5-2-6-12-25/h3-4,7-10H,2,5-6,11-16H2,1H3,(H,22,28). The van der Waals surface area contributed by atoms with Crippen molar-refractivity contribution in [3.8, 4) is 5.75 Å². The van der Waals surface area contributed by atoms with E-state index in [1.165, 1.54) is 19.3 Å². The van der Waals surface area contributed by atoms with Crippen LogP contribution < -0.4 is 19.9 Å². The average Bonchev–Trinajstić information content (AvgIpc) is 2.80. The summed E-state index contributed by atoms with van der Waals surface area (Å²) < 4.78 is 5.30. The third-order valence-electron chi connectivity index (χ3n) is 5.56. The maximum Gasteiger partial charge on any atom is 0.322 e. The number of carbonyl (C=O) groups is 1. The lowest BCUT2D eigenvalue weighted by Crippen LogP contribution is -2.50. The van der Waals surface area contributed by atoms with Gasteiger partial charge in [-0.1, -0.05) is 12.1 Å². The van der Waals surface area contributed by atoms with Gasteiger partial charge in [-0.2, -0.15) is 0 Å². The summed E-state index contributed by atoms with van der Waals surface area (Å²) in [4.78, 5) is 18.9. The molecule has 1 N–H and O–H groups in total. The number of benzene rings is 1. The second-order valence-electron chi connectivity index (χ2n) is 7.40. The number of piperazine rings is 1. The smallest absolute Gasteiger partial charge is 0.322 e. The number of ether oxygens (including phenoxy) is 1. The molecular formula is C21H28N6O2. The van der Waals surface area contributed by atoms with Crippen LogP contribution in [0.2, 0.25) is 0 Å². The molecule has 0 bridgehead atoms. The molecule has 29 heavy (non-hydrogen) atoms. The summed E-state index contributed by atoms with van der Waals surface area (Å²) in [5.41, 5.74) is 0.682. The van der Waals surface area contributed by atoms with Gasteiger partial charge < -0.3 is 24.8 Å². The van der Waals surface area contributed by atoms with E-state index >= 15 is 0 Å². The fourth-order valence-electron chi connectivity index (χ4n) is 3.86. The Balaban J connectivity index is 1.31. The van der Waals surface area contributed by atoms with Crippen molar-refractivity contribution in [3.05, 3.63) is 36.4 Å². The number of carbonyl (C=O) groups excluding carboxylic acids is 1. The van der Waals surface area contributed by atoms with E-state index in [4.69, 9.17) is 4.74 Å². The monoisotopic (exact) mass is 396 g/mol. The Morgan fingerprint density at radius 2 is 1.48 bits per heavy atom. The highest BCUT2D eigenvalue weighted by molar-refractivity contribution is 5.91. The molecule has 2 aliphatic heterocycles. The zero-order valence-electron chi connectivity index (χ0n) is 16.9. The predicted molar refractivity (Wildman–Crippen MR) is 114 cm³/mol. The van der Waals surface area contributed by atoms with Crippen molar-refractivity contribution in [3.63, 3.8) is 0 Å². The van der Waals surface area contributed by atoms with Gasteiger partial charge in [0.25, 0.3) is 0 Å². The van der Waals surface area contributed by atoms with E-state index in [-0.39, 0.29) is 6.03 Å². The van der Waals surface area contributed by atoms with Crippen molar-refractivity contribution in [2.75, 3.05) is 61.5 Å². The number of rotatable bonds is 4. The molecule has 2 saturated heterocycles. The van der Waals surface area contributed by atoms with Crippen molar-refractivity contribution in [1.82, 2.24) is 15.1 Å². The molecule has 0 radical (unpaired) electrons. The lowest BCUT2D eigenvalue weighted by atomic mass is 10.1. The molecule has 8 nitrogen and oxygen atoms in total. The van der Waals surface area contributed by atoms with Crippen LogP contribution in [0.3, 0.4) is 0 Å². The minimum absolute atomic E-state index is 0.110. The molecule has 0 unspecified atom stereocenters. The van der Waals surface area contributed by atoms with Crippen LogP contribution in [-0.2, 0) is 0 Å². The van der Waals surface area contributed by atoms with Crippen molar-refractivity contribution in [2.45, 2.75) is 19.3 Å². The number of anilines is 3. The Labute approximate surface area is 171 Å². The number of aromatic nitrogens is 2. The zero-order valence-corrected chi connectivity index (χ0v) is 16.9. The Kier molecular flexibility index (Phi) is 5.97. The molecule has 0 aliphatic carbocycles. The SMILES string of the molecule is COc1ccccc1NC(=O)N1CCN(c2ccc(N3CCCCC3)nn2)CC1. The Morgan fingerprint density at radius 1 is 0.862 bits per heavy atom. The van der Waals surface area contributed by atoms with Crippen LogP contribution in [-0.4, -0.2) is 67.5 Å². The number of hydrogen-bond donors (Lipinski definition) is 1. The molecule has 8 heteroatoms. The first-order valence-electron chi connectivity index (χ1n) is 10.3. The molecule has 3 heterocycles. The van der Waals surface area contributed by atoms with Crippen LogP contribution in [0.25, 0.3) is 0 Å². The molecule has 2 fully saturated rings. The summed E-state index contributed by atoms with van der Waals surface area (Å²) in [5, 5.41) is 11.8. The minimum Gasteiger partial charge on any atom is -0.495 e. The van der Waals surface area contributed by atoms with Gasteiger partial charge in [0, 0.05) is 39.3 Å². The van der Waals surface area contributed by atoms with Crippen molar-refractivity contribution >= 4 is 23.4 Å². The van der Waals surface area contributed by atoms with Crippen molar-refractivity contribution in [1.29, 1.82) is 0 Å². The predicted octanol–water partition coefficient (Wildman–Crippen LogP) is 2.83. The van der Waals surface area contributed by atoms with E-state index in [0.717, 1.165) is 37.8 Å². The van der Waals surface area contributed by atoms with Gasteiger partial charge >= 0.3 is 6.03 Å². The highest BCUT2D eigenvalue weighted by Gasteiger charge is 2.23. The largest absolute Gasteiger partial charge is 0.495 e. The van der Waals surface area contributed by atoms with Gasteiger partial charge in [0.1, 0.15) is 5.75 Å². The second kappa shape index (κ2) is 8.98. The molecule has 0 spiro atoms. The summed E-state index contributed by atoms with van der Waals surface area (Å²) in [7, 11) is 1.60. The average molecular weight is 396 g/mol. The Bertz CT molecular complexity index is 814. The van der Waals surface area contributed by atoms with Gasteiger partial charge in [-0.15, -0.1) is 10.2 Å². The quantitative estimate of drug-likeness (QED) is 0.857. The van der Waals surface area contributed by atoms with Crippen molar-refractivity contribution < 1.29 is 9.53 Å². The number of methoxy groups -OCH3 is 1. The van der Waals surface area contributed by atoms with Gasteiger partial charge in [0.15, 0.2) is 11.6 Å². The molecule has 0 atom stereocenters. The van der Waals surface area contributed by atoms with Gasteiger partial charge in [-0.25, -0.2) is 4.79 Å². The van der Waals surface area contributed by atoms with E-state index in [2.05, 4.69) is 31.4 Å². The zero-order chi connectivity index (χ0) is 20.1. The number of amides is 2. The number of nitrogens with one attached hydrogen (secondary N) is 1. The number of nitrogens with zero attached hydrogens (tertiary/aromatic N) is 5. The van der Waals surface area contributed by atoms with Crippen LogP contribution in [0.4, 0.5) is 22.1 Å². The molecule has 0 saturated carbocycles. The first-order valence-corrected chi connectivity index (χ1v) is 10.3. The van der Waals surface area contributed by atoms with Crippen LogP contribution in [0, 0.1) is 0 Å². The van der Waals surface area contributed by atoms with E-state index < -0.39 is 0 Å². The molecule has 4 rings (SSSR count). The van der Waals surface area contributed by atoms with Crippen LogP contribution in [0.15, 0.2) is 36.4 Å². The van der Waals surface area contributed by atoms with E-state index in [1.54, 1.807) is 7.11 Å². The summed E-state index contributed by atoms with van der Waals surface area (Å²) in [5.74, 6) is 2.49. The first kappa shape index (κ1) is 19.3. The maximum atomic E-state index is 12.6. The van der Waals surface area contributed by atoms with E-state index in [9.17, 15) is 4.79 Å². The van der Waals surface area contributed by atoms with Gasteiger partial charge in [-0.05, 0) is 43.5 Å². The third kappa shape index (κ3) is 4.52. The summed E-state index contributed by atoms with van der Waals surface area (Å²) in [6.07, 6.45) is 3.75. The van der Waals surface area contributed by atoms with Gasteiger partial charge in [0.2, 0.25) is 0 Å². The summed E-state index contributed by atoms with van der Waals surface area (Å²) >= 11 is 0. The number of hydrogen-bond acceptors (Lipinski definition) is 6. The van der Waals surface area contributed by atoms with Crippen LogP contribution in [0.1, 0.15) is 19.3 Å². The number of urea groups is 1. The lowest BCUT2D eigenvalue weighted by molar-refractivity contribution is 0.208.